The first-order valence-corrected chi connectivity index (χ1v) is 7.53. The van der Waals surface area contributed by atoms with Gasteiger partial charge in [0.05, 0.1) is 6.20 Å². The van der Waals surface area contributed by atoms with Crippen LogP contribution in [0.3, 0.4) is 0 Å². The Bertz CT molecular complexity index is 490. The van der Waals surface area contributed by atoms with E-state index in [9.17, 15) is 8.42 Å². The molecule has 6 nitrogen and oxygen atoms in total. The lowest BCUT2D eigenvalue weighted by molar-refractivity contribution is 0.172. The SMILES string of the molecule is CC(C)(C)N1CC[C@H](NS(=O)(=O)c2cn[nH]c2)C1. The van der Waals surface area contributed by atoms with Gasteiger partial charge in [0.15, 0.2) is 0 Å². The van der Waals surface area contributed by atoms with Crippen molar-refractivity contribution in [3.63, 3.8) is 0 Å². The molecule has 1 aromatic heterocycles. The zero-order chi connectivity index (χ0) is 13.4. The Labute approximate surface area is 108 Å². The first-order chi connectivity index (χ1) is 8.29. The Morgan fingerprint density at radius 3 is 2.72 bits per heavy atom. The average molecular weight is 272 g/mol. The number of nitrogens with one attached hydrogen (secondary N) is 2. The maximum Gasteiger partial charge on any atom is 0.243 e. The summed E-state index contributed by atoms with van der Waals surface area (Å²) in [7, 11) is -3.44. The van der Waals surface area contributed by atoms with E-state index in [1.165, 1.54) is 12.4 Å². The monoisotopic (exact) mass is 272 g/mol. The van der Waals surface area contributed by atoms with E-state index in [-0.39, 0.29) is 16.5 Å². The van der Waals surface area contributed by atoms with Crippen LogP contribution in [0.4, 0.5) is 0 Å². The zero-order valence-corrected chi connectivity index (χ0v) is 11.8. The minimum atomic E-state index is -3.44. The second-order valence-electron chi connectivity index (χ2n) is 5.66. The third-order valence-corrected chi connectivity index (χ3v) is 4.73. The summed E-state index contributed by atoms with van der Waals surface area (Å²) in [6.07, 6.45) is 3.55. The van der Waals surface area contributed by atoms with Crippen LogP contribution in [-0.2, 0) is 10.0 Å². The van der Waals surface area contributed by atoms with Crippen LogP contribution in [0, 0.1) is 0 Å². The maximum absolute atomic E-state index is 12.0. The maximum atomic E-state index is 12.0. The number of aromatic amines is 1. The molecule has 2 rings (SSSR count). The van der Waals surface area contributed by atoms with E-state index >= 15 is 0 Å². The fourth-order valence-corrected chi connectivity index (χ4v) is 3.31. The van der Waals surface area contributed by atoms with Crippen LogP contribution in [0.5, 0.6) is 0 Å². The number of H-pyrrole nitrogens is 1. The van der Waals surface area contributed by atoms with Crippen molar-refractivity contribution in [1.29, 1.82) is 0 Å². The Hall–Kier alpha value is -0.920. The second kappa shape index (κ2) is 4.64. The minimum Gasteiger partial charge on any atom is -0.297 e. The van der Waals surface area contributed by atoms with Gasteiger partial charge in [0, 0.05) is 30.9 Å². The Balaban J connectivity index is 2.01. The van der Waals surface area contributed by atoms with E-state index < -0.39 is 10.0 Å². The van der Waals surface area contributed by atoms with E-state index in [2.05, 4.69) is 40.6 Å². The van der Waals surface area contributed by atoms with Crippen molar-refractivity contribution in [3.05, 3.63) is 12.4 Å². The Morgan fingerprint density at radius 1 is 1.50 bits per heavy atom. The molecule has 18 heavy (non-hydrogen) atoms. The molecule has 0 unspecified atom stereocenters. The van der Waals surface area contributed by atoms with Crippen molar-refractivity contribution in [2.24, 2.45) is 0 Å². The van der Waals surface area contributed by atoms with Crippen LogP contribution in [0.1, 0.15) is 27.2 Å². The highest BCUT2D eigenvalue weighted by Gasteiger charge is 2.32. The van der Waals surface area contributed by atoms with Crippen LogP contribution in [0.25, 0.3) is 0 Å². The molecule has 2 heterocycles. The van der Waals surface area contributed by atoms with E-state index in [4.69, 9.17) is 0 Å². The van der Waals surface area contributed by atoms with Crippen LogP contribution in [0.2, 0.25) is 0 Å². The molecule has 1 aromatic rings. The molecule has 1 fully saturated rings. The molecule has 1 aliphatic rings. The Morgan fingerprint density at radius 2 is 2.22 bits per heavy atom. The van der Waals surface area contributed by atoms with Crippen molar-refractivity contribution >= 4 is 10.0 Å². The van der Waals surface area contributed by atoms with Gasteiger partial charge in [-0.25, -0.2) is 13.1 Å². The molecule has 1 aliphatic heterocycles. The molecule has 2 N–H and O–H groups in total. The molecule has 0 radical (unpaired) electrons. The second-order valence-corrected chi connectivity index (χ2v) is 7.37. The van der Waals surface area contributed by atoms with Gasteiger partial charge in [0.2, 0.25) is 10.0 Å². The molecule has 0 saturated carbocycles. The van der Waals surface area contributed by atoms with Gasteiger partial charge in [-0.3, -0.25) is 10.00 Å². The highest BCUT2D eigenvalue weighted by molar-refractivity contribution is 7.89. The molecule has 102 valence electrons. The number of hydrogen-bond acceptors (Lipinski definition) is 4. The summed E-state index contributed by atoms with van der Waals surface area (Å²) in [6, 6.07) is -0.0240. The van der Waals surface area contributed by atoms with E-state index in [0.29, 0.717) is 0 Å². The van der Waals surface area contributed by atoms with Gasteiger partial charge in [-0.05, 0) is 27.2 Å². The van der Waals surface area contributed by atoms with Gasteiger partial charge in [0.1, 0.15) is 4.90 Å². The van der Waals surface area contributed by atoms with Crippen molar-refractivity contribution < 1.29 is 8.42 Å². The fraction of sp³-hybridized carbons (Fsp3) is 0.727. The summed E-state index contributed by atoms with van der Waals surface area (Å²) in [4.78, 5) is 2.48. The first kappa shape index (κ1) is 13.5. The van der Waals surface area contributed by atoms with Gasteiger partial charge in [-0.2, -0.15) is 5.10 Å². The third-order valence-electron chi connectivity index (χ3n) is 3.24. The minimum absolute atomic E-state index is 0.0240. The molecule has 0 amide bonds. The topological polar surface area (TPSA) is 78.1 Å². The van der Waals surface area contributed by atoms with Gasteiger partial charge >= 0.3 is 0 Å². The molecule has 0 spiro atoms. The summed E-state index contributed by atoms with van der Waals surface area (Å²) in [5.74, 6) is 0. The number of aromatic nitrogens is 2. The number of hydrogen-bond donors (Lipinski definition) is 2. The summed E-state index contributed by atoms with van der Waals surface area (Å²) in [5.41, 5.74) is 0.0792. The molecule has 0 bridgehead atoms. The summed E-state index contributed by atoms with van der Waals surface area (Å²) < 4.78 is 26.8. The molecule has 0 aliphatic carbocycles. The van der Waals surface area contributed by atoms with Crippen LogP contribution < -0.4 is 4.72 Å². The molecule has 1 atom stereocenters. The van der Waals surface area contributed by atoms with Crippen molar-refractivity contribution in [2.45, 2.75) is 43.7 Å². The number of likely N-dealkylation sites (tertiary alicyclic amines) is 1. The molecule has 7 heteroatoms. The van der Waals surface area contributed by atoms with E-state index in [1.54, 1.807) is 0 Å². The summed E-state index contributed by atoms with van der Waals surface area (Å²) >= 11 is 0. The smallest absolute Gasteiger partial charge is 0.243 e. The zero-order valence-electron chi connectivity index (χ0n) is 11.0. The Kier molecular flexibility index (Phi) is 3.48. The van der Waals surface area contributed by atoms with Crippen LogP contribution in [-0.4, -0.2) is 48.2 Å². The third kappa shape index (κ3) is 2.90. The average Bonchev–Trinajstić information content (AvgIpc) is 2.83. The molecular formula is C11H20N4O2S. The molecule has 1 saturated heterocycles. The van der Waals surface area contributed by atoms with Crippen molar-refractivity contribution in [3.8, 4) is 0 Å². The first-order valence-electron chi connectivity index (χ1n) is 6.05. The quantitative estimate of drug-likeness (QED) is 0.843. The highest BCUT2D eigenvalue weighted by atomic mass is 32.2. The van der Waals surface area contributed by atoms with Crippen LogP contribution >= 0.6 is 0 Å². The van der Waals surface area contributed by atoms with Gasteiger partial charge < -0.3 is 0 Å². The highest BCUT2D eigenvalue weighted by Crippen LogP contribution is 2.21. The lowest BCUT2D eigenvalue weighted by Crippen LogP contribution is -2.43. The van der Waals surface area contributed by atoms with Gasteiger partial charge in [0.25, 0.3) is 0 Å². The normalized spacial score (nSPS) is 22.5. The van der Waals surface area contributed by atoms with Gasteiger partial charge in [-0.1, -0.05) is 0 Å². The lowest BCUT2D eigenvalue weighted by Gasteiger charge is -2.31. The van der Waals surface area contributed by atoms with Crippen LogP contribution in [0.15, 0.2) is 17.3 Å². The number of rotatable bonds is 3. The molecule has 0 aromatic carbocycles. The molecular weight excluding hydrogens is 252 g/mol. The van der Waals surface area contributed by atoms with Gasteiger partial charge in [-0.15, -0.1) is 0 Å². The predicted octanol–water partition coefficient (Wildman–Crippen LogP) is 0.561. The number of nitrogens with zero attached hydrogens (tertiary/aromatic N) is 2. The largest absolute Gasteiger partial charge is 0.297 e. The number of sulfonamides is 1. The summed E-state index contributed by atoms with van der Waals surface area (Å²) in [5, 5.41) is 6.18. The predicted molar refractivity (Wildman–Crippen MR) is 68.6 cm³/mol. The fourth-order valence-electron chi connectivity index (χ4n) is 2.14. The summed E-state index contributed by atoms with van der Waals surface area (Å²) in [6.45, 7) is 8.09. The van der Waals surface area contributed by atoms with Crippen molar-refractivity contribution in [1.82, 2.24) is 19.8 Å². The van der Waals surface area contributed by atoms with E-state index in [1.807, 2.05) is 0 Å². The lowest BCUT2D eigenvalue weighted by atomic mass is 10.1. The van der Waals surface area contributed by atoms with E-state index in [0.717, 1.165) is 19.5 Å². The van der Waals surface area contributed by atoms with Crippen molar-refractivity contribution in [2.75, 3.05) is 13.1 Å². The standard InChI is InChI=1S/C11H20N4O2S/c1-11(2,3)15-5-4-9(8-15)14-18(16,17)10-6-12-13-7-10/h6-7,9,14H,4-5,8H2,1-3H3,(H,12,13)/t9-/m0/s1.